The van der Waals surface area contributed by atoms with Crippen LogP contribution in [-0.4, -0.2) is 22.4 Å². The second-order valence-corrected chi connectivity index (χ2v) is 4.40. The molecule has 2 saturated carbocycles. The maximum absolute atomic E-state index is 10.2. The lowest BCUT2D eigenvalue weighted by Crippen LogP contribution is -2.53. The summed E-state index contributed by atoms with van der Waals surface area (Å²) in [6.07, 6.45) is 6.95. The molecule has 0 heterocycles. The summed E-state index contributed by atoms with van der Waals surface area (Å²) < 4.78 is 0. The van der Waals surface area contributed by atoms with Crippen molar-refractivity contribution in [2.75, 3.05) is 6.61 Å². The Kier molecular flexibility index (Phi) is 2.13. The van der Waals surface area contributed by atoms with Crippen molar-refractivity contribution in [2.45, 2.75) is 44.1 Å². The molecule has 0 bridgehead atoms. The second-order valence-electron chi connectivity index (χ2n) is 4.40. The van der Waals surface area contributed by atoms with Crippen molar-refractivity contribution in [3.8, 4) is 0 Å². The normalized spacial score (nSPS) is 26.5. The highest BCUT2D eigenvalue weighted by molar-refractivity contribution is 4.98. The SMILES string of the molecule is OCC(O)(C1CCC1)C1CCC1. The van der Waals surface area contributed by atoms with E-state index in [0.717, 1.165) is 25.7 Å². The molecular weight excluding hydrogens is 152 g/mol. The molecule has 2 heteroatoms. The first-order chi connectivity index (χ1) is 5.77. The van der Waals surface area contributed by atoms with E-state index in [4.69, 9.17) is 0 Å². The van der Waals surface area contributed by atoms with E-state index in [1.54, 1.807) is 0 Å². The molecule has 0 radical (unpaired) electrons. The van der Waals surface area contributed by atoms with Crippen LogP contribution in [0.5, 0.6) is 0 Å². The van der Waals surface area contributed by atoms with Crippen LogP contribution in [0.25, 0.3) is 0 Å². The highest BCUT2D eigenvalue weighted by Crippen LogP contribution is 2.46. The smallest absolute Gasteiger partial charge is 0.0933 e. The molecule has 2 rings (SSSR count). The van der Waals surface area contributed by atoms with Crippen molar-refractivity contribution in [3.63, 3.8) is 0 Å². The van der Waals surface area contributed by atoms with Crippen molar-refractivity contribution in [3.05, 3.63) is 0 Å². The van der Waals surface area contributed by atoms with Gasteiger partial charge < -0.3 is 10.2 Å². The van der Waals surface area contributed by atoms with E-state index in [1.807, 2.05) is 0 Å². The number of hydrogen-bond donors (Lipinski definition) is 2. The van der Waals surface area contributed by atoms with Crippen LogP contribution in [0.2, 0.25) is 0 Å². The monoisotopic (exact) mass is 170 g/mol. The fourth-order valence-electron chi connectivity index (χ4n) is 2.41. The summed E-state index contributed by atoms with van der Waals surface area (Å²) in [5.41, 5.74) is -0.712. The predicted molar refractivity (Wildman–Crippen MR) is 46.7 cm³/mol. The van der Waals surface area contributed by atoms with Crippen molar-refractivity contribution >= 4 is 0 Å². The van der Waals surface area contributed by atoms with Crippen molar-refractivity contribution in [1.29, 1.82) is 0 Å². The van der Waals surface area contributed by atoms with Crippen LogP contribution in [0.3, 0.4) is 0 Å². The topological polar surface area (TPSA) is 40.5 Å². The van der Waals surface area contributed by atoms with Gasteiger partial charge in [0.05, 0.1) is 12.2 Å². The molecule has 0 aromatic heterocycles. The largest absolute Gasteiger partial charge is 0.393 e. The van der Waals surface area contributed by atoms with Crippen LogP contribution in [0.15, 0.2) is 0 Å². The van der Waals surface area contributed by atoms with Gasteiger partial charge in [-0.15, -0.1) is 0 Å². The minimum Gasteiger partial charge on any atom is -0.393 e. The quantitative estimate of drug-likeness (QED) is 0.670. The zero-order valence-corrected chi connectivity index (χ0v) is 7.50. The first-order valence-electron chi connectivity index (χ1n) is 5.10. The van der Waals surface area contributed by atoms with E-state index in [2.05, 4.69) is 0 Å². The Bertz CT molecular complexity index is 145. The van der Waals surface area contributed by atoms with Crippen LogP contribution in [0, 0.1) is 11.8 Å². The zero-order valence-electron chi connectivity index (χ0n) is 7.50. The highest BCUT2D eigenvalue weighted by atomic mass is 16.3. The molecule has 0 aromatic rings. The fraction of sp³-hybridized carbons (Fsp3) is 1.00. The summed E-state index contributed by atoms with van der Waals surface area (Å²) in [6, 6.07) is 0. The van der Waals surface area contributed by atoms with Gasteiger partial charge in [-0.05, 0) is 37.5 Å². The van der Waals surface area contributed by atoms with Gasteiger partial charge in [0, 0.05) is 0 Å². The van der Waals surface area contributed by atoms with Crippen molar-refractivity contribution in [2.24, 2.45) is 11.8 Å². The van der Waals surface area contributed by atoms with Gasteiger partial charge in [-0.25, -0.2) is 0 Å². The molecule has 0 amide bonds. The Labute approximate surface area is 73.6 Å². The van der Waals surface area contributed by atoms with E-state index in [1.165, 1.54) is 12.8 Å². The summed E-state index contributed by atoms with van der Waals surface area (Å²) in [6.45, 7) is -0.0255. The molecule has 12 heavy (non-hydrogen) atoms. The van der Waals surface area contributed by atoms with E-state index in [-0.39, 0.29) is 6.61 Å². The van der Waals surface area contributed by atoms with Gasteiger partial charge in [0.25, 0.3) is 0 Å². The van der Waals surface area contributed by atoms with Gasteiger partial charge in [-0.2, -0.15) is 0 Å². The maximum atomic E-state index is 10.2. The van der Waals surface area contributed by atoms with E-state index in [9.17, 15) is 10.2 Å². The molecule has 2 aliphatic carbocycles. The second kappa shape index (κ2) is 3.00. The third-order valence-electron chi connectivity index (χ3n) is 3.88. The number of aliphatic hydroxyl groups excluding tert-OH is 1. The molecule has 2 N–H and O–H groups in total. The average Bonchev–Trinajstić information content (AvgIpc) is 1.79. The zero-order chi connectivity index (χ0) is 8.60. The standard InChI is InChI=1S/C10H18O2/c11-7-10(12,8-3-1-4-8)9-5-2-6-9/h8-9,11-12H,1-7H2. The summed E-state index contributed by atoms with van der Waals surface area (Å²) in [4.78, 5) is 0. The maximum Gasteiger partial charge on any atom is 0.0933 e. The van der Waals surface area contributed by atoms with Crippen molar-refractivity contribution in [1.82, 2.24) is 0 Å². The van der Waals surface area contributed by atoms with Gasteiger partial charge in [0.1, 0.15) is 0 Å². The van der Waals surface area contributed by atoms with Crippen LogP contribution >= 0.6 is 0 Å². The Morgan fingerprint density at radius 2 is 1.42 bits per heavy atom. The molecule has 0 aromatic carbocycles. The molecule has 0 aliphatic heterocycles. The van der Waals surface area contributed by atoms with Gasteiger partial charge in [0.2, 0.25) is 0 Å². The Morgan fingerprint density at radius 1 is 1.00 bits per heavy atom. The van der Waals surface area contributed by atoms with Crippen LogP contribution < -0.4 is 0 Å². The van der Waals surface area contributed by atoms with E-state index >= 15 is 0 Å². The Hall–Kier alpha value is -0.0800. The summed E-state index contributed by atoms with van der Waals surface area (Å²) in [5, 5.41) is 19.4. The van der Waals surface area contributed by atoms with E-state index < -0.39 is 5.60 Å². The molecule has 0 saturated heterocycles. The number of aliphatic hydroxyl groups is 2. The summed E-state index contributed by atoms with van der Waals surface area (Å²) in [7, 11) is 0. The van der Waals surface area contributed by atoms with Gasteiger partial charge in [-0.3, -0.25) is 0 Å². The summed E-state index contributed by atoms with van der Waals surface area (Å²) >= 11 is 0. The van der Waals surface area contributed by atoms with Crippen molar-refractivity contribution < 1.29 is 10.2 Å². The van der Waals surface area contributed by atoms with Crippen LogP contribution in [0.1, 0.15) is 38.5 Å². The minimum atomic E-state index is -0.712. The molecule has 0 atom stereocenters. The lowest BCUT2D eigenvalue weighted by Gasteiger charge is -2.48. The van der Waals surface area contributed by atoms with E-state index in [0.29, 0.717) is 11.8 Å². The van der Waals surface area contributed by atoms with Crippen LogP contribution in [0.4, 0.5) is 0 Å². The molecular formula is C10H18O2. The van der Waals surface area contributed by atoms with Gasteiger partial charge in [-0.1, -0.05) is 12.8 Å². The molecule has 2 nitrogen and oxygen atoms in total. The van der Waals surface area contributed by atoms with Crippen LogP contribution in [-0.2, 0) is 0 Å². The van der Waals surface area contributed by atoms with Gasteiger partial charge in [0.15, 0.2) is 0 Å². The molecule has 70 valence electrons. The first kappa shape index (κ1) is 8.52. The number of hydrogen-bond acceptors (Lipinski definition) is 2. The Morgan fingerprint density at radius 3 is 1.58 bits per heavy atom. The average molecular weight is 170 g/mol. The molecule has 2 aliphatic rings. The first-order valence-corrected chi connectivity index (χ1v) is 5.10. The lowest BCUT2D eigenvalue weighted by atomic mass is 9.62. The Balaban J connectivity index is 2.00. The molecule has 0 spiro atoms. The lowest BCUT2D eigenvalue weighted by molar-refractivity contribution is -0.145. The number of rotatable bonds is 3. The summed E-state index contributed by atoms with van der Waals surface area (Å²) in [5.74, 6) is 0.792. The minimum absolute atomic E-state index is 0.0255. The predicted octanol–water partition coefficient (Wildman–Crippen LogP) is 1.31. The molecule has 0 unspecified atom stereocenters. The van der Waals surface area contributed by atoms with Gasteiger partial charge >= 0.3 is 0 Å². The third kappa shape index (κ3) is 1.09. The molecule has 2 fully saturated rings. The highest BCUT2D eigenvalue weighted by Gasteiger charge is 2.47. The third-order valence-corrected chi connectivity index (χ3v) is 3.88. The fourth-order valence-corrected chi connectivity index (χ4v) is 2.41.